The van der Waals surface area contributed by atoms with Crippen molar-refractivity contribution >= 4 is 11.9 Å². The number of carbonyl (C=O) groups is 1. The van der Waals surface area contributed by atoms with Crippen molar-refractivity contribution in [2.75, 3.05) is 37.7 Å². The fraction of sp³-hybridized carbons (Fsp3) is 0.667. The number of anilines is 1. The molecule has 0 radical (unpaired) electrons. The maximum Gasteiger partial charge on any atom is 0.409 e. The second-order valence-corrected chi connectivity index (χ2v) is 5.82. The lowest BCUT2D eigenvalue weighted by Crippen LogP contribution is -2.36. The predicted molar refractivity (Wildman–Crippen MR) is 81.4 cm³/mol. The van der Waals surface area contributed by atoms with Crippen LogP contribution in [-0.4, -0.2) is 53.7 Å². The summed E-state index contributed by atoms with van der Waals surface area (Å²) in [5, 5.41) is 0. The largest absolute Gasteiger partial charge is 0.449 e. The number of carbonyl (C=O) groups excluding carboxylic acids is 1. The summed E-state index contributed by atoms with van der Waals surface area (Å²) < 4.78 is 5.30. The number of nitrogens with zero attached hydrogens (tertiary/aromatic N) is 4. The molecule has 1 fully saturated rings. The summed E-state index contributed by atoms with van der Waals surface area (Å²) >= 11 is 0. The van der Waals surface area contributed by atoms with Crippen LogP contribution in [0.5, 0.6) is 0 Å². The highest BCUT2D eigenvalue weighted by atomic mass is 16.6. The normalized spacial score (nSPS) is 16.0. The molecule has 116 valence electrons. The van der Waals surface area contributed by atoms with E-state index in [1.807, 2.05) is 20.8 Å². The number of aryl methyl sites for hydroxylation is 1. The molecule has 1 aliphatic rings. The van der Waals surface area contributed by atoms with Gasteiger partial charge in [0.05, 0.1) is 18.5 Å². The van der Waals surface area contributed by atoms with Crippen molar-refractivity contribution < 1.29 is 9.53 Å². The highest BCUT2D eigenvalue weighted by Gasteiger charge is 2.21. The number of ether oxygens (including phenoxy) is 1. The summed E-state index contributed by atoms with van der Waals surface area (Å²) in [6.45, 7) is 9.51. The van der Waals surface area contributed by atoms with Gasteiger partial charge < -0.3 is 14.5 Å². The van der Waals surface area contributed by atoms with Crippen LogP contribution in [0.25, 0.3) is 0 Å². The molecule has 6 heteroatoms. The van der Waals surface area contributed by atoms with Crippen molar-refractivity contribution in [3.8, 4) is 0 Å². The topological polar surface area (TPSA) is 58.6 Å². The molecule has 2 heterocycles. The van der Waals surface area contributed by atoms with Crippen LogP contribution in [-0.2, 0) is 4.74 Å². The third-order valence-electron chi connectivity index (χ3n) is 3.36. The summed E-state index contributed by atoms with van der Waals surface area (Å²) in [4.78, 5) is 24.6. The van der Waals surface area contributed by atoms with Crippen molar-refractivity contribution in [1.29, 1.82) is 0 Å². The molecule has 0 spiro atoms. The summed E-state index contributed by atoms with van der Waals surface area (Å²) in [6, 6.07) is 0. The van der Waals surface area contributed by atoms with E-state index in [4.69, 9.17) is 4.74 Å². The Morgan fingerprint density at radius 1 is 1.29 bits per heavy atom. The van der Waals surface area contributed by atoms with Gasteiger partial charge >= 0.3 is 6.09 Å². The molecule has 1 aromatic heterocycles. The number of hydrogen-bond donors (Lipinski definition) is 0. The van der Waals surface area contributed by atoms with Gasteiger partial charge in [0, 0.05) is 32.4 Å². The average molecular weight is 292 g/mol. The van der Waals surface area contributed by atoms with Gasteiger partial charge in [-0.15, -0.1) is 0 Å². The molecule has 0 bridgehead atoms. The quantitative estimate of drug-likeness (QED) is 0.854. The molecule has 0 unspecified atom stereocenters. The minimum absolute atomic E-state index is 0.208. The first-order valence-electron chi connectivity index (χ1n) is 7.51. The monoisotopic (exact) mass is 292 g/mol. The van der Waals surface area contributed by atoms with E-state index >= 15 is 0 Å². The zero-order valence-corrected chi connectivity index (χ0v) is 13.1. The zero-order chi connectivity index (χ0) is 15.2. The van der Waals surface area contributed by atoms with Gasteiger partial charge in [-0.05, 0) is 19.3 Å². The Bertz CT molecular complexity index is 478. The third-order valence-corrected chi connectivity index (χ3v) is 3.36. The van der Waals surface area contributed by atoms with Gasteiger partial charge in [-0.2, -0.15) is 0 Å². The molecule has 0 saturated carbocycles. The lowest BCUT2D eigenvalue weighted by atomic mass is 10.2. The first kappa shape index (κ1) is 15.5. The van der Waals surface area contributed by atoms with E-state index in [0.717, 1.165) is 37.6 Å². The molecule has 1 aromatic rings. The second-order valence-electron chi connectivity index (χ2n) is 5.82. The summed E-state index contributed by atoms with van der Waals surface area (Å²) in [5.74, 6) is 1.24. The zero-order valence-electron chi connectivity index (χ0n) is 13.1. The fourth-order valence-corrected chi connectivity index (χ4v) is 2.26. The molecular weight excluding hydrogens is 268 g/mol. The number of rotatable bonds is 3. The Labute approximate surface area is 126 Å². The van der Waals surface area contributed by atoms with Crippen LogP contribution in [0, 0.1) is 12.8 Å². The smallest absolute Gasteiger partial charge is 0.409 e. The van der Waals surface area contributed by atoms with Gasteiger partial charge in [-0.3, -0.25) is 4.98 Å². The standard InChI is InChI=1S/C15H24N4O2/c1-12(2)11-21-15(20)19-6-4-5-18(7-8-19)14-10-16-9-13(3)17-14/h9-10,12H,4-8,11H2,1-3H3. The Hall–Kier alpha value is -1.85. The molecule has 0 aromatic carbocycles. The molecule has 0 aliphatic carbocycles. The molecule has 2 rings (SSSR count). The Morgan fingerprint density at radius 3 is 2.81 bits per heavy atom. The Morgan fingerprint density at radius 2 is 2.10 bits per heavy atom. The van der Waals surface area contributed by atoms with Crippen LogP contribution in [0.3, 0.4) is 0 Å². The molecule has 1 saturated heterocycles. The number of amides is 1. The summed E-state index contributed by atoms with van der Waals surface area (Å²) in [5.41, 5.74) is 0.907. The minimum atomic E-state index is -0.208. The van der Waals surface area contributed by atoms with Crippen molar-refractivity contribution in [2.24, 2.45) is 5.92 Å². The summed E-state index contributed by atoms with van der Waals surface area (Å²) in [6.07, 6.45) is 4.23. The van der Waals surface area contributed by atoms with E-state index in [0.29, 0.717) is 19.1 Å². The van der Waals surface area contributed by atoms with Crippen LogP contribution in [0.1, 0.15) is 26.0 Å². The average Bonchev–Trinajstić information content (AvgIpc) is 2.70. The molecule has 0 atom stereocenters. The van der Waals surface area contributed by atoms with Crippen LogP contribution in [0.2, 0.25) is 0 Å². The fourth-order valence-electron chi connectivity index (χ4n) is 2.26. The van der Waals surface area contributed by atoms with Crippen molar-refractivity contribution in [3.05, 3.63) is 18.1 Å². The van der Waals surface area contributed by atoms with E-state index in [1.54, 1.807) is 17.3 Å². The first-order valence-corrected chi connectivity index (χ1v) is 7.51. The van der Waals surface area contributed by atoms with Crippen LogP contribution < -0.4 is 4.90 Å². The predicted octanol–water partition coefficient (Wildman–Crippen LogP) is 2.09. The van der Waals surface area contributed by atoms with Crippen LogP contribution in [0.4, 0.5) is 10.6 Å². The van der Waals surface area contributed by atoms with Crippen LogP contribution >= 0.6 is 0 Å². The van der Waals surface area contributed by atoms with Gasteiger partial charge in [0.25, 0.3) is 0 Å². The van der Waals surface area contributed by atoms with Crippen molar-refractivity contribution in [2.45, 2.75) is 27.2 Å². The van der Waals surface area contributed by atoms with Gasteiger partial charge in [0.15, 0.2) is 0 Å². The Kier molecular flexibility index (Phi) is 5.36. The first-order chi connectivity index (χ1) is 10.1. The van der Waals surface area contributed by atoms with Crippen molar-refractivity contribution in [1.82, 2.24) is 14.9 Å². The van der Waals surface area contributed by atoms with Crippen molar-refractivity contribution in [3.63, 3.8) is 0 Å². The second kappa shape index (κ2) is 7.24. The van der Waals surface area contributed by atoms with E-state index < -0.39 is 0 Å². The van der Waals surface area contributed by atoms with E-state index in [2.05, 4.69) is 14.9 Å². The van der Waals surface area contributed by atoms with Gasteiger partial charge in [-0.25, -0.2) is 9.78 Å². The molecule has 1 aliphatic heterocycles. The van der Waals surface area contributed by atoms with Gasteiger partial charge in [0.1, 0.15) is 5.82 Å². The van der Waals surface area contributed by atoms with E-state index in [9.17, 15) is 4.79 Å². The molecular formula is C15H24N4O2. The van der Waals surface area contributed by atoms with E-state index in [-0.39, 0.29) is 6.09 Å². The highest BCUT2D eigenvalue weighted by Crippen LogP contribution is 2.13. The van der Waals surface area contributed by atoms with E-state index in [1.165, 1.54) is 0 Å². The molecule has 21 heavy (non-hydrogen) atoms. The lowest BCUT2D eigenvalue weighted by Gasteiger charge is -2.22. The Balaban J connectivity index is 1.91. The highest BCUT2D eigenvalue weighted by molar-refractivity contribution is 5.67. The number of aromatic nitrogens is 2. The van der Waals surface area contributed by atoms with Crippen LogP contribution in [0.15, 0.2) is 12.4 Å². The van der Waals surface area contributed by atoms with Gasteiger partial charge in [0.2, 0.25) is 0 Å². The molecule has 0 N–H and O–H groups in total. The minimum Gasteiger partial charge on any atom is -0.449 e. The SMILES string of the molecule is Cc1cncc(N2CCCN(C(=O)OCC(C)C)CC2)n1. The summed E-state index contributed by atoms with van der Waals surface area (Å²) in [7, 11) is 0. The number of hydrogen-bond acceptors (Lipinski definition) is 5. The lowest BCUT2D eigenvalue weighted by molar-refractivity contribution is 0.0943. The molecule has 1 amide bonds. The maximum atomic E-state index is 12.0. The molecule has 6 nitrogen and oxygen atoms in total. The maximum absolute atomic E-state index is 12.0. The van der Waals surface area contributed by atoms with Gasteiger partial charge in [-0.1, -0.05) is 13.8 Å². The third kappa shape index (κ3) is 4.58.